The number of phenolic OH excluding ortho intramolecular Hbond substituents is 3. The number of phenols is 3. The molecule has 0 bridgehead atoms. The zero-order chi connectivity index (χ0) is 27.3. The van der Waals surface area contributed by atoms with Crippen molar-refractivity contribution in [3.05, 3.63) is 146 Å². The standard InChI is InChI=1S/3C11H9NO.Ir/c3*13-10-5-3-4-9(8-10)11-6-1-2-7-12-11;/h3*1-8,13H;. The van der Waals surface area contributed by atoms with Gasteiger partial charge in [0.05, 0.1) is 17.1 Å². The number of aromatic nitrogens is 3. The molecule has 3 heterocycles. The first-order chi connectivity index (χ1) is 19.1. The Hall–Kier alpha value is -4.84. The molecule has 1 radical (unpaired) electrons. The molecule has 0 fully saturated rings. The van der Waals surface area contributed by atoms with Crippen LogP contribution in [0.25, 0.3) is 33.8 Å². The van der Waals surface area contributed by atoms with E-state index in [9.17, 15) is 15.3 Å². The molecule has 3 aromatic heterocycles. The topological polar surface area (TPSA) is 99.4 Å². The Morgan fingerprint density at radius 2 is 0.650 bits per heavy atom. The minimum Gasteiger partial charge on any atom is -0.508 e. The van der Waals surface area contributed by atoms with Crippen LogP contribution < -0.4 is 0 Å². The molecule has 6 aromatic rings. The van der Waals surface area contributed by atoms with Crippen molar-refractivity contribution < 1.29 is 35.4 Å². The second-order valence-electron chi connectivity index (χ2n) is 8.30. The van der Waals surface area contributed by atoms with Gasteiger partial charge in [0.25, 0.3) is 0 Å². The predicted molar refractivity (Wildman–Crippen MR) is 154 cm³/mol. The van der Waals surface area contributed by atoms with Crippen molar-refractivity contribution in [1.29, 1.82) is 0 Å². The van der Waals surface area contributed by atoms with Crippen molar-refractivity contribution in [2.45, 2.75) is 0 Å². The molecule has 3 N–H and O–H groups in total. The van der Waals surface area contributed by atoms with Gasteiger partial charge in [0.1, 0.15) is 17.2 Å². The fourth-order valence-electron chi connectivity index (χ4n) is 3.60. The molecule has 0 atom stereocenters. The Balaban J connectivity index is 0.000000163. The summed E-state index contributed by atoms with van der Waals surface area (Å²) in [6.07, 6.45) is 5.21. The zero-order valence-electron chi connectivity index (χ0n) is 21.4. The first-order valence-corrected chi connectivity index (χ1v) is 12.2. The van der Waals surface area contributed by atoms with Crippen molar-refractivity contribution in [2.24, 2.45) is 0 Å². The quantitative estimate of drug-likeness (QED) is 0.178. The Morgan fingerprint density at radius 3 is 0.875 bits per heavy atom. The van der Waals surface area contributed by atoms with Crippen LogP contribution in [0.5, 0.6) is 17.2 Å². The van der Waals surface area contributed by atoms with Crippen LogP contribution in [-0.4, -0.2) is 30.3 Å². The molecule has 6 nitrogen and oxygen atoms in total. The van der Waals surface area contributed by atoms with Crippen LogP contribution in [0.3, 0.4) is 0 Å². The SMILES string of the molecule is Oc1cccc(-c2ccccn2)c1.Oc1cccc(-c2ccccn2)c1.Oc1cccc(-c2ccccn2)c1.[Ir]. The average molecular weight is 706 g/mol. The summed E-state index contributed by atoms with van der Waals surface area (Å²) in [7, 11) is 0. The van der Waals surface area contributed by atoms with E-state index >= 15 is 0 Å². The summed E-state index contributed by atoms with van der Waals surface area (Å²) in [6.45, 7) is 0. The van der Waals surface area contributed by atoms with Crippen molar-refractivity contribution in [3.63, 3.8) is 0 Å². The van der Waals surface area contributed by atoms with Crippen LogP contribution in [-0.2, 0) is 20.1 Å². The summed E-state index contributed by atoms with van der Waals surface area (Å²) < 4.78 is 0. The number of hydrogen-bond donors (Lipinski definition) is 3. The minimum absolute atomic E-state index is 0. The van der Waals surface area contributed by atoms with Gasteiger partial charge >= 0.3 is 0 Å². The predicted octanol–water partition coefficient (Wildman–Crippen LogP) is 7.36. The molecule has 6 rings (SSSR count). The fourth-order valence-corrected chi connectivity index (χ4v) is 3.60. The van der Waals surface area contributed by atoms with E-state index in [2.05, 4.69) is 15.0 Å². The molecule has 201 valence electrons. The first kappa shape index (κ1) is 29.7. The van der Waals surface area contributed by atoms with Crippen molar-refractivity contribution in [2.75, 3.05) is 0 Å². The van der Waals surface area contributed by atoms with Gasteiger partial charge in [0.15, 0.2) is 0 Å². The molecule has 7 heteroatoms. The Bertz CT molecular complexity index is 1390. The van der Waals surface area contributed by atoms with Gasteiger partial charge in [-0.1, -0.05) is 54.6 Å². The summed E-state index contributed by atoms with van der Waals surface area (Å²) in [4.78, 5) is 12.5. The van der Waals surface area contributed by atoms with E-state index in [0.717, 1.165) is 33.8 Å². The monoisotopic (exact) mass is 706 g/mol. The Morgan fingerprint density at radius 1 is 0.350 bits per heavy atom. The maximum Gasteiger partial charge on any atom is 0.116 e. The molecular formula is C33H27IrN3O3. The molecular weight excluding hydrogens is 679 g/mol. The third-order valence-electron chi connectivity index (χ3n) is 5.42. The van der Waals surface area contributed by atoms with Crippen molar-refractivity contribution >= 4 is 0 Å². The van der Waals surface area contributed by atoms with E-state index in [-0.39, 0.29) is 37.4 Å². The van der Waals surface area contributed by atoms with Crippen LogP contribution in [0.15, 0.2) is 146 Å². The second-order valence-corrected chi connectivity index (χ2v) is 8.30. The van der Waals surface area contributed by atoms with E-state index in [1.165, 1.54) is 0 Å². The molecule has 0 unspecified atom stereocenters. The third-order valence-corrected chi connectivity index (χ3v) is 5.42. The normalized spacial score (nSPS) is 9.60. The van der Waals surface area contributed by atoms with Gasteiger partial charge in [-0.25, -0.2) is 0 Å². The second kappa shape index (κ2) is 15.5. The number of rotatable bonds is 3. The van der Waals surface area contributed by atoms with Gasteiger partial charge in [-0.05, 0) is 72.8 Å². The smallest absolute Gasteiger partial charge is 0.116 e. The molecule has 0 saturated carbocycles. The van der Waals surface area contributed by atoms with E-state index in [0.29, 0.717) is 0 Å². The molecule has 3 aromatic carbocycles. The number of aromatic hydroxyl groups is 3. The zero-order valence-corrected chi connectivity index (χ0v) is 23.8. The van der Waals surface area contributed by atoms with Gasteiger partial charge in [-0.15, -0.1) is 0 Å². The molecule has 40 heavy (non-hydrogen) atoms. The number of pyridine rings is 3. The Labute approximate surface area is 246 Å². The summed E-state index contributed by atoms with van der Waals surface area (Å²) in [5, 5.41) is 27.7. The summed E-state index contributed by atoms with van der Waals surface area (Å²) in [6, 6.07) is 38.3. The molecule has 0 saturated heterocycles. The summed E-state index contributed by atoms with van der Waals surface area (Å²) in [5.74, 6) is 0.800. The number of hydrogen-bond acceptors (Lipinski definition) is 6. The van der Waals surface area contributed by atoms with Crippen LogP contribution in [0.1, 0.15) is 0 Å². The average Bonchev–Trinajstić information content (AvgIpc) is 2.99. The molecule has 0 amide bonds. The van der Waals surface area contributed by atoms with Crippen LogP contribution in [0, 0.1) is 0 Å². The maximum absolute atomic E-state index is 9.25. The van der Waals surface area contributed by atoms with E-state index in [1.54, 1.807) is 73.2 Å². The van der Waals surface area contributed by atoms with Gasteiger partial charge in [0, 0.05) is 55.4 Å². The summed E-state index contributed by atoms with van der Waals surface area (Å²) >= 11 is 0. The summed E-state index contributed by atoms with van der Waals surface area (Å²) in [5.41, 5.74) is 5.41. The van der Waals surface area contributed by atoms with Gasteiger partial charge in [-0.2, -0.15) is 0 Å². The number of nitrogens with zero attached hydrogens (tertiary/aromatic N) is 3. The molecule has 0 aliphatic carbocycles. The van der Waals surface area contributed by atoms with Crippen LogP contribution in [0.4, 0.5) is 0 Å². The first-order valence-electron chi connectivity index (χ1n) is 12.2. The molecule has 0 spiro atoms. The molecule has 0 aliphatic rings. The largest absolute Gasteiger partial charge is 0.508 e. The van der Waals surface area contributed by atoms with Gasteiger partial charge in [0.2, 0.25) is 0 Å². The maximum atomic E-state index is 9.25. The number of benzene rings is 3. The van der Waals surface area contributed by atoms with Crippen LogP contribution in [0.2, 0.25) is 0 Å². The van der Waals surface area contributed by atoms with Crippen LogP contribution >= 0.6 is 0 Å². The van der Waals surface area contributed by atoms with E-state index in [1.807, 2.05) is 72.8 Å². The van der Waals surface area contributed by atoms with Gasteiger partial charge < -0.3 is 15.3 Å². The minimum atomic E-state index is 0. The Kier molecular flexibility index (Phi) is 11.5. The van der Waals surface area contributed by atoms with E-state index in [4.69, 9.17) is 0 Å². The fraction of sp³-hybridized carbons (Fsp3) is 0. The van der Waals surface area contributed by atoms with Crippen molar-refractivity contribution in [1.82, 2.24) is 15.0 Å². The third kappa shape index (κ3) is 9.17. The van der Waals surface area contributed by atoms with Gasteiger partial charge in [-0.3, -0.25) is 15.0 Å². The van der Waals surface area contributed by atoms with Crippen molar-refractivity contribution in [3.8, 4) is 51.0 Å². The molecule has 0 aliphatic heterocycles. The van der Waals surface area contributed by atoms with E-state index < -0.39 is 0 Å².